The summed E-state index contributed by atoms with van der Waals surface area (Å²) >= 11 is 0. The van der Waals surface area contributed by atoms with E-state index < -0.39 is 0 Å². The third-order valence-electron chi connectivity index (χ3n) is 2.85. The van der Waals surface area contributed by atoms with Crippen LogP contribution in [0.4, 0.5) is 0 Å². The number of nitrogens with one attached hydrogen (secondary N) is 1. The Hall–Kier alpha value is -1.97. The fourth-order valence-electron chi connectivity index (χ4n) is 1.75. The van der Waals surface area contributed by atoms with Crippen molar-refractivity contribution >= 4 is 5.91 Å². The summed E-state index contributed by atoms with van der Waals surface area (Å²) in [5, 5.41) is 2.85. The Morgan fingerprint density at radius 3 is 2.32 bits per heavy atom. The molecular formula is C15H21NO3. The van der Waals surface area contributed by atoms with E-state index in [0.717, 1.165) is 12.0 Å². The molecule has 0 atom stereocenters. The zero-order chi connectivity index (χ0) is 14.3. The SMILES string of the molecule is C/C=C/CCNC(=O)c1cc(OC)c(C)c(OC)c1. The Kier molecular flexibility index (Phi) is 5.93. The minimum Gasteiger partial charge on any atom is -0.496 e. The van der Waals surface area contributed by atoms with Gasteiger partial charge in [0.25, 0.3) is 5.91 Å². The average molecular weight is 263 g/mol. The van der Waals surface area contributed by atoms with Crippen LogP contribution in [0.2, 0.25) is 0 Å². The van der Waals surface area contributed by atoms with Crippen molar-refractivity contribution in [2.24, 2.45) is 0 Å². The topological polar surface area (TPSA) is 47.6 Å². The summed E-state index contributed by atoms with van der Waals surface area (Å²) in [4.78, 5) is 12.0. The van der Waals surface area contributed by atoms with Crippen molar-refractivity contribution in [3.63, 3.8) is 0 Å². The van der Waals surface area contributed by atoms with Gasteiger partial charge >= 0.3 is 0 Å². The zero-order valence-electron chi connectivity index (χ0n) is 11.9. The molecule has 104 valence electrons. The molecule has 0 unspecified atom stereocenters. The van der Waals surface area contributed by atoms with E-state index in [9.17, 15) is 4.79 Å². The first-order chi connectivity index (χ1) is 9.13. The molecule has 1 N–H and O–H groups in total. The number of methoxy groups -OCH3 is 2. The summed E-state index contributed by atoms with van der Waals surface area (Å²) in [5.41, 5.74) is 1.43. The van der Waals surface area contributed by atoms with Gasteiger partial charge in [0.1, 0.15) is 11.5 Å². The number of benzene rings is 1. The predicted molar refractivity (Wildman–Crippen MR) is 76.0 cm³/mol. The van der Waals surface area contributed by atoms with Crippen molar-refractivity contribution in [3.8, 4) is 11.5 Å². The summed E-state index contributed by atoms with van der Waals surface area (Å²) in [6.07, 6.45) is 4.79. The summed E-state index contributed by atoms with van der Waals surface area (Å²) in [7, 11) is 3.16. The molecule has 1 aromatic rings. The van der Waals surface area contributed by atoms with Crippen LogP contribution in [0.1, 0.15) is 29.3 Å². The van der Waals surface area contributed by atoms with E-state index in [1.165, 1.54) is 0 Å². The second-order valence-corrected chi connectivity index (χ2v) is 4.12. The third-order valence-corrected chi connectivity index (χ3v) is 2.85. The molecule has 0 heterocycles. The molecule has 0 bridgehead atoms. The van der Waals surface area contributed by atoms with Gasteiger partial charge in [-0.15, -0.1) is 0 Å². The minimum absolute atomic E-state index is 0.124. The highest BCUT2D eigenvalue weighted by Crippen LogP contribution is 2.29. The number of allylic oxidation sites excluding steroid dienone is 1. The van der Waals surface area contributed by atoms with Crippen molar-refractivity contribution in [3.05, 3.63) is 35.4 Å². The standard InChI is InChI=1S/C15H21NO3/c1-5-6-7-8-16-15(17)12-9-13(18-3)11(2)14(10-12)19-4/h5-6,9-10H,7-8H2,1-4H3,(H,16,17)/b6-5+. The Balaban J connectivity index is 2.84. The largest absolute Gasteiger partial charge is 0.496 e. The predicted octanol–water partition coefficient (Wildman–Crippen LogP) is 2.71. The first-order valence-electron chi connectivity index (χ1n) is 6.26. The molecule has 0 aliphatic heterocycles. The molecular weight excluding hydrogens is 242 g/mol. The first-order valence-corrected chi connectivity index (χ1v) is 6.26. The van der Waals surface area contributed by atoms with E-state index in [2.05, 4.69) is 5.32 Å². The quantitative estimate of drug-likeness (QED) is 0.634. The lowest BCUT2D eigenvalue weighted by molar-refractivity contribution is 0.0953. The van der Waals surface area contributed by atoms with E-state index in [-0.39, 0.29) is 5.91 Å². The fourth-order valence-corrected chi connectivity index (χ4v) is 1.75. The van der Waals surface area contributed by atoms with Gasteiger partial charge in [-0.25, -0.2) is 0 Å². The number of hydrogen-bond donors (Lipinski definition) is 1. The Labute approximate surface area is 114 Å². The van der Waals surface area contributed by atoms with Crippen molar-refractivity contribution in [1.82, 2.24) is 5.32 Å². The lowest BCUT2D eigenvalue weighted by Gasteiger charge is -2.12. The lowest BCUT2D eigenvalue weighted by Crippen LogP contribution is -2.24. The molecule has 0 aliphatic carbocycles. The van der Waals surface area contributed by atoms with Crippen molar-refractivity contribution in [1.29, 1.82) is 0 Å². The van der Waals surface area contributed by atoms with Crippen molar-refractivity contribution in [2.75, 3.05) is 20.8 Å². The molecule has 0 saturated carbocycles. The maximum atomic E-state index is 12.0. The summed E-state index contributed by atoms with van der Waals surface area (Å²) in [5.74, 6) is 1.18. The van der Waals surface area contributed by atoms with Crippen LogP contribution in [0.3, 0.4) is 0 Å². The minimum atomic E-state index is -0.124. The van der Waals surface area contributed by atoms with Crippen LogP contribution in [0, 0.1) is 6.92 Å². The van der Waals surface area contributed by atoms with Crippen LogP contribution >= 0.6 is 0 Å². The summed E-state index contributed by atoms with van der Waals surface area (Å²) in [6.45, 7) is 4.46. The van der Waals surface area contributed by atoms with E-state index in [1.807, 2.05) is 26.0 Å². The van der Waals surface area contributed by atoms with Gasteiger partial charge in [-0.2, -0.15) is 0 Å². The number of hydrogen-bond acceptors (Lipinski definition) is 3. The van der Waals surface area contributed by atoms with Gasteiger partial charge in [0.2, 0.25) is 0 Å². The molecule has 0 fully saturated rings. The smallest absolute Gasteiger partial charge is 0.251 e. The highest BCUT2D eigenvalue weighted by Gasteiger charge is 2.12. The zero-order valence-corrected chi connectivity index (χ0v) is 11.9. The molecule has 0 aliphatic rings. The highest BCUT2D eigenvalue weighted by atomic mass is 16.5. The third kappa shape index (κ3) is 4.02. The molecule has 19 heavy (non-hydrogen) atoms. The molecule has 0 saturated heterocycles. The van der Waals surface area contributed by atoms with Crippen molar-refractivity contribution in [2.45, 2.75) is 20.3 Å². The summed E-state index contributed by atoms with van der Waals surface area (Å²) < 4.78 is 10.5. The van der Waals surface area contributed by atoms with Crippen LogP contribution in [0.5, 0.6) is 11.5 Å². The number of rotatable bonds is 6. The summed E-state index contributed by atoms with van der Waals surface area (Å²) in [6, 6.07) is 3.45. The average Bonchev–Trinajstić information content (AvgIpc) is 2.43. The number of ether oxygens (including phenoxy) is 2. The van der Waals surface area contributed by atoms with Gasteiger partial charge in [0.05, 0.1) is 14.2 Å². The van der Waals surface area contributed by atoms with Gasteiger partial charge in [0, 0.05) is 17.7 Å². The second-order valence-electron chi connectivity index (χ2n) is 4.12. The van der Waals surface area contributed by atoms with Crippen LogP contribution in [-0.4, -0.2) is 26.7 Å². The maximum absolute atomic E-state index is 12.0. The molecule has 0 aromatic heterocycles. The fraction of sp³-hybridized carbons (Fsp3) is 0.400. The van der Waals surface area contributed by atoms with Crippen LogP contribution in [-0.2, 0) is 0 Å². The first kappa shape index (κ1) is 15.1. The highest BCUT2D eigenvalue weighted by molar-refractivity contribution is 5.95. The number of carbonyl (C=O) groups is 1. The Bertz CT molecular complexity index is 441. The Morgan fingerprint density at radius 2 is 1.84 bits per heavy atom. The molecule has 1 aromatic carbocycles. The van der Waals surface area contributed by atoms with Gasteiger partial charge < -0.3 is 14.8 Å². The van der Waals surface area contributed by atoms with Crippen LogP contribution < -0.4 is 14.8 Å². The molecule has 1 amide bonds. The normalized spacial score (nSPS) is 10.5. The molecule has 4 nitrogen and oxygen atoms in total. The van der Waals surface area contributed by atoms with E-state index in [0.29, 0.717) is 23.6 Å². The van der Waals surface area contributed by atoms with Crippen molar-refractivity contribution < 1.29 is 14.3 Å². The molecule has 4 heteroatoms. The van der Waals surface area contributed by atoms with Gasteiger partial charge in [-0.05, 0) is 32.4 Å². The van der Waals surface area contributed by atoms with Crippen LogP contribution in [0.15, 0.2) is 24.3 Å². The number of carbonyl (C=O) groups excluding carboxylic acids is 1. The van der Waals surface area contributed by atoms with E-state index in [4.69, 9.17) is 9.47 Å². The lowest BCUT2D eigenvalue weighted by atomic mass is 10.1. The van der Waals surface area contributed by atoms with Gasteiger partial charge in [0.15, 0.2) is 0 Å². The van der Waals surface area contributed by atoms with E-state index >= 15 is 0 Å². The van der Waals surface area contributed by atoms with E-state index in [1.54, 1.807) is 26.4 Å². The molecule has 0 radical (unpaired) electrons. The number of amides is 1. The molecule has 1 rings (SSSR count). The maximum Gasteiger partial charge on any atom is 0.251 e. The van der Waals surface area contributed by atoms with Gasteiger partial charge in [-0.3, -0.25) is 4.79 Å². The monoisotopic (exact) mass is 263 g/mol. The molecule has 0 spiro atoms. The van der Waals surface area contributed by atoms with Crippen LogP contribution in [0.25, 0.3) is 0 Å². The van der Waals surface area contributed by atoms with Gasteiger partial charge in [-0.1, -0.05) is 12.2 Å². The Morgan fingerprint density at radius 1 is 1.26 bits per heavy atom. The second kappa shape index (κ2) is 7.46.